The van der Waals surface area contributed by atoms with E-state index in [-0.39, 0.29) is 5.03 Å². The molecule has 18 heavy (non-hydrogen) atoms. The first kappa shape index (κ1) is 12.3. The van der Waals surface area contributed by atoms with Crippen LogP contribution in [0.15, 0.2) is 59.1 Å². The normalized spacial score (nSPS) is 13.1. The molecule has 0 fully saturated rings. The number of hydrogen-bond donors (Lipinski definition) is 1. The van der Waals surface area contributed by atoms with Gasteiger partial charge in [0.2, 0.25) is 9.84 Å². The first-order valence-corrected chi connectivity index (χ1v) is 6.65. The molecular weight excluding hydrogens is 254 g/mol. The standard InChI is InChI=1S/C11H11N3O3S/c1-2-11(14-7-3-4-8-14)18(16,17)10-6-5-9(15)12-13-10/h2-8,11H,1H2,(H,12,15). The van der Waals surface area contributed by atoms with Gasteiger partial charge in [0.15, 0.2) is 10.4 Å². The average molecular weight is 265 g/mol. The van der Waals surface area contributed by atoms with Crippen molar-refractivity contribution in [2.45, 2.75) is 10.4 Å². The monoisotopic (exact) mass is 265 g/mol. The second-order valence-electron chi connectivity index (χ2n) is 3.56. The van der Waals surface area contributed by atoms with Crippen LogP contribution in [0.3, 0.4) is 0 Å². The maximum Gasteiger partial charge on any atom is 0.264 e. The molecule has 0 saturated heterocycles. The zero-order valence-corrected chi connectivity index (χ0v) is 10.2. The lowest BCUT2D eigenvalue weighted by Gasteiger charge is -2.14. The second-order valence-corrected chi connectivity index (χ2v) is 5.55. The Labute approximate surface area is 104 Å². The van der Waals surface area contributed by atoms with E-state index >= 15 is 0 Å². The minimum atomic E-state index is -3.73. The molecule has 0 aliphatic carbocycles. The summed E-state index contributed by atoms with van der Waals surface area (Å²) in [6.45, 7) is 3.53. The van der Waals surface area contributed by atoms with Gasteiger partial charge in [0, 0.05) is 18.5 Å². The molecule has 2 heterocycles. The number of aromatic nitrogens is 3. The number of nitrogens with one attached hydrogen (secondary N) is 1. The fourth-order valence-corrected chi connectivity index (χ4v) is 2.93. The van der Waals surface area contributed by atoms with Crippen molar-refractivity contribution in [1.29, 1.82) is 0 Å². The molecule has 0 aliphatic heterocycles. The molecule has 0 aliphatic rings. The van der Waals surface area contributed by atoms with Crippen LogP contribution >= 0.6 is 0 Å². The fraction of sp³-hybridized carbons (Fsp3) is 0.0909. The van der Waals surface area contributed by atoms with Crippen LogP contribution < -0.4 is 5.56 Å². The Kier molecular flexibility index (Phi) is 3.15. The SMILES string of the molecule is C=CC(n1cccc1)S(=O)(=O)c1ccc(=O)[nH]n1. The summed E-state index contributed by atoms with van der Waals surface area (Å²) in [6.07, 6.45) is 4.55. The number of H-pyrrole nitrogens is 1. The largest absolute Gasteiger partial charge is 0.334 e. The van der Waals surface area contributed by atoms with Gasteiger partial charge >= 0.3 is 0 Å². The number of sulfone groups is 1. The van der Waals surface area contributed by atoms with Crippen molar-refractivity contribution >= 4 is 9.84 Å². The number of aromatic amines is 1. The molecule has 2 aromatic rings. The Morgan fingerprint density at radius 3 is 2.50 bits per heavy atom. The summed E-state index contributed by atoms with van der Waals surface area (Å²) in [5, 5.41) is 4.50. The zero-order chi connectivity index (χ0) is 13.2. The third-order valence-corrected chi connectivity index (χ3v) is 4.27. The van der Waals surface area contributed by atoms with Gasteiger partial charge < -0.3 is 4.57 Å². The third-order valence-electron chi connectivity index (χ3n) is 2.39. The Morgan fingerprint density at radius 2 is 2.00 bits per heavy atom. The van der Waals surface area contributed by atoms with Gasteiger partial charge in [-0.2, -0.15) is 5.10 Å². The summed E-state index contributed by atoms with van der Waals surface area (Å²) >= 11 is 0. The van der Waals surface area contributed by atoms with Crippen LogP contribution in [0.5, 0.6) is 0 Å². The lowest BCUT2D eigenvalue weighted by molar-refractivity contribution is 0.565. The van der Waals surface area contributed by atoms with Gasteiger partial charge in [-0.3, -0.25) is 4.79 Å². The highest BCUT2D eigenvalue weighted by Crippen LogP contribution is 2.22. The molecule has 0 spiro atoms. The number of hydrogen-bond acceptors (Lipinski definition) is 4. The molecule has 0 radical (unpaired) electrons. The molecule has 0 aromatic carbocycles. The van der Waals surface area contributed by atoms with E-state index in [0.717, 1.165) is 6.07 Å². The lowest BCUT2D eigenvalue weighted by atomic mass is 10.6. The van der Waals surface area contributed by atoms with Crippen LogP contribution in [0.25, 0.3) is 0 Å². The van der Waals surface area contributed by atoms with Crippen molar-refractivity contribution in [3.63, 3.8) is 0 Å². The first-order valence-electron chi connectivity index (χ1n) is 5.10. The lowest BCUT2D eigenvalue weighted by Crippen LogP contribution is -2.20. The van der Waals surface area contributed by atoms with E-state index in [4.69, 9.17) is 0 Å². The maximum atomic E-state index is 12.3. The van der Waals surface area contributed by atoms with E-state index < -0.39 is 20.8 Å². The van der Waals surface area contributed by atoms with Crippen LogP contribution in [0.1, 0.15) is 5.37 Å². The van der Waals surface area contributed by atoms with E-state index in [1.807, 2.05) is 0 Å². The molecule has 0 amide bonds. The Balaban J connectivity index is 2.50. The van der Waals surface area contributed by atoms with Crippen molar-refractivity contribution < 1.29 is 8.42 Å². The first-order chi connectivity index (χ1) is 8.55. The quantitative estimate of drug-likeness (QED) is 0.826. The van der Waals surface area contributed by atoms with Crippen LogP contribution in [0.4, 0.5) is 0 Å². The minimum Gasteiger partial charge on any atom is -0.334 e. The average Bonchev–Trinajstić information content (AvgIpc) is 2.84. The Hall–Kier alpha value is -2.15. The summed E-state index contributed by atoms with van der Waals surface area (Å²) < 4.78 is 26.1. The van der Waals surface area contributed by atoms with Crippen molar-refractivity contribution in [3.05, 3.63) is 59.7 Å². The highest BCUT2D eigenvalue weighted by Gasteiger charge is 2.27. The van der Waals surface area contributed by atoms with Crippen molar-refractivity contribution in [1.82, 2.24) is 14.8 Å². The van der Waals surface area contributed by atoms with Gasteiger partial charge in [-0.25, -0.2) is 13.5 Å². The van der Waals surface area contributed by atoms with E-state index in [1.165, 1.54) is 16.7 Å². The van der Waals surface area contributed by atoms with Gasteiger partial charge in [0.05, 0.1) is 0 Å². The van der Waals surface area contributed by atoms with Crippen LogP contribution in [0.2, 0.25) is 0 Å². The van der Waals surface area contributed by atoms with Crippen LogP contribution in [-0.4, -0.2) is 23.2 Å². The topological polar surface area (TPSA) is 84.8 Å². The summed E-state index contributed by atoms with van der Waals surface area (Å²) in [6, 6.07) is 5.72. The summed E-state index contributed by atoms with van der Waals surface area (Å²) in [5.41, 5.74) is -0.454. The predicted octanol–water partition coefficient (Wildman–Crippen LogP) is 0.730. The van der Waals surface area contributed by atoms with Gasteiger partial charge in [0.25, 0.3) is 5.56 Å². The molecule has 7 heteroatoms. The molecular formula is C11H11N3O3S. The van der Waals surface area contributed by atoms with Crippen molar-refractivity contribution in [3.8, 4) is 0 Å². The molecule has 94 valence electrons. The molecule has 1 unspecified atom stereocenters. The van der Waals surface area contributed by atoms with E-state index in [9.17, 15) is 13.2 Å². The predicted molar refractivity (Wildman–Crippen MR) is 65.7 cm³/mol. The number of nitrogens with zero attached hydrogens (tertiary/aromatic N) is 2. The molecule has 6 nitrogen and oxygen atoms in total. The van der Waals surface area contributed by atoms with Crippen LogP contribution in [-0.2, 0) is 9.84 Å². The van der Waals surface area contributed by atoms with Gasteiger partial charge in [0.1, 0.15) is 0 Å². The molecule has 1 atom stereocenters. The maximum absolute atomic E-state index is 12.3. The van der Waals surface area contributed by atoms with Gasteiger partial charge in [-0.15, -0.1) is 0 Å². The van der Waals surface area contributed by atoms with E-state index in [1.54, 1.807) is 24.5 Å². The fourth-order valence-electron chi connectivity index (χ4n) is 1.54. The summed E-state index contributed by atoms with van der Waals surface area (Å²) in [4.78, 5) is 10.9. The second kappa shape index (κ2) is 4.61. The van der Waals surface area contributed by atoms with E-state index in [2.05, 4.69) is 16.8 Å². The highest BCUT2D eigenvalue weighted by atomic mass is 32.2. The summed E-state index contributed by atoms with van der Waals surface area (Å²) in [5.74, 6) is 0. The Bertz CT molecular complexity index is 681. The summed E-state index contributed by atoms with van der Waals surface area (Å²) in [7, 11) is -3.73. The molecule has 0 bridgehead atoms. The molecule has 2 rings (SSSR count). The smallest absolute Gasteiger partial charge is 0.264 e. The van der Waals surface area contributed by atoms with Crippen LogP contribution in [0, 0.1) is 0 Å². The highest BCUT2D eigenvalue weighted by molar-refractivity contribution is 7.91. The van der Waals surface area contributed by atoms with Gasteiger partial charge in [-0.05, 0) is 18.2 Å². The van der Waals surface area contributed by atoms with Crippen molar-refractivity contribution in [2.75, 3.05) is 0 Å². The zero-order valence-electron chi connectivity index (χ0n) is 9.35. The molecule has 0 saturated carbocycles. The van der Waals surface area contributed by atoms with E-state index in [0.29, 0.717) is 0 Å². The molecule has 1 N–H and O–H groups in total. The Morgan fingerprint density at radius 1 is 1.33 bits per heavy atom. The number of rotatable bonds is 4. The van der Waals surface area contributed by atoms with Crippen molar-refractivity contribution in [2.24, 2.45) is 0 Å². The van der Waals surface area contributed by atoms with Gasteiger partial charge in [-0.1, -0.05) is 12.7 Å². The third kappa shape index (κ3) is 2.12. The minimum absolute atomic E-state index is 0.194. The molecule has 2 aromatic heterocycles.